The van der Waals surface area contributed by atoms with Gasteiger partial charge in [0.1, 0.15) is 0 Å². The lowest BCUT2D eigenvalue weighted by Crippen LogP contribution is -2.04. The number of benzene rings is 2. The minimum absolute atomic E-state index is 0.305. The standard InChI is InChI=1S/C24H23N3O2/c1-5-29-24(28)19-13-11-18(12-14-19)21-15(2)22-17(4)26-27(23(22)25-16(21)3)20-9-7-6-8-10-20/h6-14H,5H2,1-4H3. The summed E-state index contributed by atoms with van der Waals surface area (Å²) in [4.78, 5) is 16.8. The van der Waals surface area contributed by atoms with Crippen LogP contribution in [0.4, 0.5) is 0 Å². The molecule has 2 heterocycles. The summed E-state index contributed by atoms with van der Waals surface area (Å²) >= 11 is 0. The molecule has 5 nitrogen and oxygen atoms in total. The Bertz CT molecular complexity index is 1190. The number of para-hydroxylation sites is 1. The van der Waals surface area contributed by atoms with Gasteiger partial charge in [0.2, 0.25) is 0 Å². The summed E-state index contributed by atoms with van der Waals surface area (Å²) in [5, 5.41) is 5.81. The van der Waals surface area contributed by atoms with Gasteiger partial charge in [-0.1, -0.05) is 30.3 Å². The highest BCUT2D eigenvalue weighted by atomic mass is 16.5. The van der Waals surface area contributed by atoms with Crippen molar-refractivity contribution < 1.29 is 9.53 Å². The lowest BCUT2D eigenvalue weighted by atomic mass is 9.96. The molecule has 4 rings (SSSR count). The maximum absolute atomic E-state index is 11.9. The molecule has 146 valence electrons. The number of aryl methyl sites for hydroxylation is 3. The van der Waals surface area contributed by atoms with Crippen LogP contribution in [0.2, 0.25) is 0 Å². The number of esters is 1. The molecule has 0 aliphatic carbocycles. The van der Waals surface area contributed by atoms with Crippen molar-refractivity contribution in [1.82, 2.24) is 14.8 Å². The van der Waals surface area contributed by atoms with Gasteiger partial charge in [-0.3, -0.25) is 0 Å². The van der Waals surface area contributed by atoms with Crippen molar-refractivity contribution in [3.05, 3.63) is 77.1 Å². The first-order chi connectivity index (χ1) is 14.0. The molecule has 0 aliphatic rings. The van der Waals surface area contributed by atoms with Gasteiger partial charge in [0.15, 0.2) is 5.65 Å². The fraction of sp³-hybridized carbons (Fsp3) is 0.208. The molecule has 0 unspecified atom stereocenters. The van der Waals surface area contributed by atoms with E-state index in [0.717, 1.165) is 44.8 Å². The Hall–Kier alpha value is -3.47. The largest absolute Gasteiger partial charge is 0.462 e. The first-order valence-corrected chi connectivity index (χ1v) is 9.70. The molecule has 2 aromatic carbocycles. The second-order valence-electron chi connectivity index (χ2n) is 7.03. The van der Waals surface area contributed by atoms with Gasteiger partial charge >= 0.3 is 5.97 Å². The van der Waals surface area contributed by atoms with Crippen molar-refractivity contribution >= 4 is 17.0 Å². The van der Waals surface area contributed by atoms with Gasteiger partial charge in [-0.25, -0.2) is 14.5 Å². The predicted molar refractivity (Wildman–Crippen MR) is 114 cm³/mol. The lowest BCUT2D eigenvalue weighted by molar-refractivity contribution is 0.0526. The maximum Gasteiger partial charge on any atom is 0.338 e. The Morgan fingerprint density at radius 3 is 2.31 bits per heavy atom. The van der Waals surface area contributed by atoms with Gasteiger partial charge in [0.05, 0.1) is 23.6 Å². The Balaban J connectivity index is 1.85. The molecule has 0 radical (unpaired) electrons. The molecular weight excluding hydrogens is 362 g/mol. The number of carbonyl (C=O) groups excluding carboxylic acids is 1. The van der Waals surface area contributed by atoms with Crippen molar-refractivity contribution in [2.24, 2.45) is 0 Å². The van der Waals surface area contributed by atoms with E-state index >= 15 is 0 Å². The van der Waals surface area contributed by atoms with Gasteiger partial charge in [0.25, 0.3) is 0 Å². The molecule has 0 fully saturated rings. The highest BCUT2D eigenvalue weighted by molar-refractivity contribution is 5.92. The molecule has 5 heteroatoms. The zero-order chi connectivity index (χ0) is 20.5. The number of rotatable bonds is 4. The summed E-state index contributed by atoms with van der Waals surface area (Å²) in [5.41, 5.74) is 7.50. The van der Waals surface area contributed by atoms with Crippen LogP contribution < -0.4 is 0 Å². The van der Waals surface area contributed by atoms with Crippen LogP contribution in [0, 0.1) is 20.8 Å². The van der Waals surface area contributed by atoms with Crippen molar-refractivity contribution in [2.45, 2.75) is 27.7 Å². The van der Waals surface area contributed by atoms with Crippen LogP contribution in [0.1, 0.15) is 34.2 Å². The smallest absolute Gasteiger partial charge is 0.338 e. The van der Waals surface area contributed by atoms with Crippen molar-refractivity contribution in [3.63, 3.8) is 0 Å². The highest BCUT2D eigenvalue weighted by Crippen LogP contribution is 2.33. The van der Waals surface area contributed by atoms with Crippen LogP contribution in [0.3, 0.4) is 0 Å². The Kier molecular flexibility index (Phi) is 4.89. The second-order valence-corrected chi connectivity index (χ2v) is 7.03. The minimum Gasteiger partial charge on any atom is -0.462 e. The molecule has 0 atom stereocenters. The van der Waals surface area contributed by atoms with E-state index in [0.29, 0.717) is 12.2 Å². The van der Waals surface area contributed by atoms with E-state index in [4.69, 9.17) is 14.8 Å². The maximum atomic E-state index is 11.9. The second kappa shape index (κ2) is 7.51. The normalized spacial score (nSPS) is 11.0. The monoisotopic (exact) mass is 385 g/mol. The summed E-state index contributed by atoms with van der Waals surface area (Å²) in [5.74, 6) is -0.305. The van der Waals surface area contributed by atoms with Crippen LogP contribution in [0.5, 0.6) is 0 Å². The van der Waals surface area contributed by atoms with E-state index in [-0.39, 0.29) is 5.97 Å². The molecule has 2 aromatic heterocycles. The zero-order valence-corrected chi connectivity index (χ0v) is 17.1. The van der Waals surface area contributed by atoms with Crippen molar-refractivity contribution in [3.8, 4) is 16.8 Å². The summed E-state index contributed by atoms with van der Waals surface area (Å²) < 4.78 is 6.98. The highest BCUT2D eigenvalue weighted by Gasteiger charge is 2.18. The van der Waals surface area contributed by atoms with E-state index in [1.165, 1.54) is 0 Å². The molecule has 4 aromatic rings. The van der Waals surface area contributed by atoms with E-state index in [1.54, 1.807) is 19.1 Å². The number of fused-ring (bicyclic) bond motifs is 1. The minimum atomic E-state index is -0.305. The average molecular weight is 385 g/mol. The van der Waals surface area contributed by atoms with Crippen LogP contribution in [0.25, 0.3) is 27.8 Å². The van der Waals surface area contributed by atoms with Gasteiger partial charge in [-0.15, -0.1) is 0 Å². The van der Waals surface area contributed by atoms with Crippen molar-refractivity contribution in [1.29, 1.82) is 0 Å². The van der Waals surface area contributed by atoms with E-state index < -0.39 is 0 Å². The lowest BCUT2D eigenvalue weighted by Gasteiger charge is -2.12. The topological polar surface area (TPSA) is 57.0 Å². The van der Waals surface area contributed by atoms with Gasteiger partial charge in [-0.05, 0) is 63.1 Å². The summed E-state index contributed by atoms with van der Waals surface area (Å²) in [6, 6.07) is 17.5. The summed E-state index contributed by atoms with van der Waals surface area (Å²) in [6.45, 7) is 8.30. The van der Waals surface area contributed by atoms with Gasteiger partial charge < -0.3 is 4.74 Å². The number of ether oxygens (including phenoxy) is 1. The first kappa shape index (κ1) is 18.9. The third-order valence-corrected chi connectivity index (χ3v) is 5.11. The van der Waals surface area contributed by atoms with Crippen molar-refractivity contribution in [2.75, 3.05) is 6.61 Å². The third kappa shape index (κ3) is 3.29. The number of hydrogen-bond donors (Lipinski definition) is 0. The molecule has 0 saturated carbocycles. The van der Waals surface area contributed by atoms with Gasteiger partial charge in [-0.2, -0.15) is 5.10 Å². The summed E-state index contributed by atoms with van der Waals surface area (Å²) in [7, 11) is 0. The molecule has 29 heavy (non-hydrogen) atoms. The summed E-state index contributed by atoms with van der Waals surface area (Å²) in [6.07, 6.45) is 0. The van der Waals surface area contributed by atoms with E-state index in [9.17, 15) is 4.79 Å². The fourth-order valence-corrected chi connectivity index (χ4v) is 3.83. The molecular formula is C24H23N3O2. The van der Waals surface area contributed by atoms with Crippen LogP contribution in [-0.2, 0) is 4.74 Å². The average Bonchev–Trinajstić information content (AvgIpc) is 3.05. The number of carbonyl (C=O) groups is 1. The van der Waals surface area contributed by atoms with Crippen LogP contribution in [-0.4, -0.2) is 27.3 Å². The Labute approximate surface area is 170 Å². The molecule has 0 saturated heterocycles. The van der Waals surface area contributed by atoms with Crippen LogP contribution >= 0.6 is 0 Å². The molecule has 0 spiro atoms. The fourth-order valence-electron chi connectivity index (χ4n) is 3.83. The molecule has 0 bridgehead atoms. The van der Waals surface area contributed by atoms with Crippen LogP contribution in [0.15, 0.2) is 54.6 Å². The molecule has 0 amide bonds. The molecule has 0 aliphatic heterocycles. The first-order valence-electron chi connectivity index (χ1n) is 9.70. The van der Waals surface area contributed by atoms with E-state index in [1.807, 2.05) is 61.0 Å². The zero-order valence-electron chi connectivity index (χ0n) is 17.1. The quantitative estimate of drug-likeness (QED) is 0.454. The third-order valence-electron chi connectivity index (χ3n) is 5.11. The Morgan fingerprint density at radius 1 is 0.966 bits per heavy atom. The number of nitrogens with zero attached hydrogens (tertiary/aromatic N) is 3. The Morgan fingerprint density at radius 2 is 1.66 bits per heavy atom. The SMILES string of the molecule is CCOC(=O)c1ccc(-c2c(C)nc3c(c(C)nn3-c3ccccc3)c2C)cc1. The molecule has 0 N–H and O–H groups in total. The van der Waals surface area contributed by atoms with E-state index in [2.05, 4.69) is 6.92 Å². The number of pyridine rings is 1. The number of hydrogen-bond acceptors (Lipinski definition) is 4. The van der Waals surface area contributed by atoms with Gasteiger partial charge in [0, 0.05) is 16.6 Å². The predicted octanol–water partition coefficient (Wildman–Crippen LogP) is 5.19. The number of aromatic nitrogens is 3.